The van der Waals surface area contributed by atoms with Crippen LogP contribution in [0.5, 0.6) is 0 Å². The number of aromatic amines is 2. The van der Waals surface area contributed by atoms with Crippen LogP contribution in [-0.4, -0.2) is 22.5 Å². The molecule has 0 unspecified atom stereocenters. The van der Waals surface area contributed by atoms with E-state index in [0.717, 1.165) is 31.7 Å². The SMILES string of the molecule is CCCCCCCOC(=O)c1cc(=O)[nH]c(=O)[nH]1. The number of unbranched alkanes of at least 4 members (excludes halogenated alkanes) is 4. The van der Waals surface area contributed by atoms with Crippen molar-refractivity contribution >= 4 is 5.97 Å². The molecule has 1 aromatic heterocycles. The Morgan fingerprint density at radius 1 is 1.17 bits per heavy atom. The van der Waals surface area contributed by atoms with Gasteiger partial charge in [0.15, 0.2) is 0 Å². The van der Waals surface area contributed by atoms with Crippen LogP contribution in [0.4, 0.5) is 0 Å². The average molecular weight is 254 g/mol. The molecule has 1 rings (SSSR count). The lowest BCUT2D eigenvalue weighted by Crippen LogP contribution is -2.25. The van der Waals surface area contributed by atoms with Crippen LogP contribution in [0.3, 0.4) is 0 Å². The quantitative estimate of drug-likeness (QED) is 0.564. The Morgan fingerprint density at radius 3 is 2.56 bits per heavy atom. The fourth-order valence-electron chi connectivity index (χ4n) is 1.53. The van der Waals surface area contributed by atoms with Crippen LogP contribution in [-0.2, 0) is 4.74 Å². The third-order valence-electron chi connectivity index (χ3n) is 2.46. The number of esters is 1. The molecule has 0 bridgehead atoms. The van der Waals surface area contributed by atoms with Gasteiger partial charge in [0.25, 0.3) is 5.56 Å². The first kappa shape index (κ1) is 14.2. The van der Waals surface area contributed by atoms with E-state index in [4.69, 9.17) is 4.74 Å². The summed E-state index contributed by atoms with van der Waals surface area (Å²) in [6.07, 6.45) is 5.26. The van der Waals surface area contributed by atoms with Crippen molar-refractivity contribution in [1.82, 2.24) is 9.97 Å². The summed E-state index contributed by atoms with van der Waals surface area (Å²) in [5.41, 5.74) is -1.44. The van der Waals surface area contributed by atoms with Crippen molar-refractivity contribution in [3.8, 4) is 0 Å². The number of rotatable bonds is 7. The van der Waals surface area contributed by atoms with Gasteiger partial charge in [-0.1, -0.05) is 32.6 Å². The van der Waals surface area contributed by atoms with Gasteiger partial charge in [0, 0.05) is 6.07 Å². The molecule has 0 spiro atoms. The monoisotopic (exact) mass is 254 g/mol. The topological polar surface area (TPSA) is 92.0 Å². The minimum Gasteiger partial charge on any atom is -0.461 e. The first-order valence-electron chi connectivity index (χ1n) is 6.14. The van der Waals surface area contributed by atoms with E-state index in [-0.39, 0.29) is 5.69 Å². The van der Waals surface area contributed by atoms with Crippen molar-refractivity contribution in [3.63, 3.8) is 0 Å². The average Bonchev–Trinajstić information content (AvgIpc) is 2.32. The minimum atomic E-state index is -0.711. The molecule has 6 heteroatoms. The molecule has 0 amide bonds. The Hall–Kier alpha value is -1.85. The van der Waals surface area contributed by atoms with E-state index in [2.05, 4.69) is 11.9 Å². The molecular formula is C12H18N2O4. The molecular weight excluding hydrogens is 236 g/mol. The zero-order valence-electron chi connectivity index (χ0n) is 10.5. The molecule has 2 N–H and O–H groups in total. The van der Waals surface area contributed by atoms with Gasteiger partial charge in [0.1, 0.15) is 5.69 Å². The van der Waals surface area contributed by atoms with E-state index >= 15 is 0 Å². The maximum absolute atomic E-state index is 11.5. The van der Waals surface area contributed by atoms with Gasteiger partial charge in [-0.05, 0) is 6.42 Å². The molecule has 0 saturated carbocycles. The first-order valence-corrected chi connectivity index (χ1v) is 6.14. The summed E-state index contributed by atoms with van der Waals surface area (Å²) in [6, 6.07) is 1.01. The van der Waals surface area contributed by atoms with Crippen molar-refractivity contribution in [2.45, 2.75) is 39.0 Å². The maximum Gasteiger partial charge on any atom is 0.355 e. The second-order valence-corrected chi connectivity index (χ2v) is 4.05. The summed E-state index contributed by atoms with van der Waals surface area (Å²) >= 11 is 0. The van der Waals surface area contributed by atoms with Gasteiger partial charge >= 0.3 is 11.7 Å². The molecule has 0 aliphatic heterocycles. The van der Waals surface area contributed by atoms with Crippen LogP contribution >= 0.6 is 0 Å². The number of carbonyl (C=O) groups is 1. The molecule has 0 fully saturated rings. The summed E-state index contributed by atoms with van der Waals surface area (Å²) in [6.45, 7) is 2.43. The number of H-pyrrole nitrogens is 2. The standard InChI is InChI=1S/C12H18N2O4/c1-2-3-4-5-6-7-18-11(16)9-8-10(15)14-12(17)13-9/h8H,2-7H2,1H3,(H2,13,14,15,17). The summed E-state index contributed by atoms with van der Waals surface area (Å²) in [7, 11) is 0. The smallest absolute Gasteiger partial charge is 0.355 e. The fraction of sp³-hybridized carbons (Fsp3) is 0.583. The zero-order valence-corrected chi connectivity index (χ0v) is 10.5. The number of ether oxygens (including phenoxy) is 1. The van der Waals surface area contributed by atoms with Crippen LogP contribution in [0.25, 0.3) is 0 Å². The largest absolute Gasteiger partial charge is 0.461 e. The van der Waals surface area contributed by atoms with Gasteiger partial charge in [-0.25, -0.2) is 9.59 Å². The molecule has 0 aliphatic rings. The van der Waals surface area contributed by atoms with Crippen LogP contribution in [0.2, 0.25) is 0 Å². The van der Waals surface area contributed by atoms with E-state index in [1.807, 2.05) is 4.98 Å². The molecule has 0 saturated heterocycles. The molecule has 18 heavy (non-hydrogen) atoms. The van der Waals surface area contributed by atoms with Crippen LogP contribution in [0.15, 0.2) is 15.7 Å². The van der Waals surface area contributed by atoms with Crippen molar-refractivity contribution in [1.29, 1.82) is 0 Å². The van der Waals surface area contributed by atoms with Crippen molar-refractivity contribution < 1.29 is 9.53 Å². The Morgan fingerprint density at radius 2 is 1.89 bits per heavy atom. The summed E-state index contributed by atoms with van der Waals surface area (Å²) in [5, 5.41) is 0. The highest BCUT2D eigenvalue weighted by molar-refractivity contribution is 5.86. The Labute approximate surface area is 104 Å². The van der Waals surface area contributed by atoms with Gasteiger partial charge < -0.3 is 9.72 Å². The number of carbonyl (C=O) groups excluding carboxylic acids is 1. The molecule has 0 radical (unpaired) electrons. The second kappa shape index (κ2) is 7.47. The molecule has 6 nitrogen and oxygen atoms in total. The lowest BCUT2D eigenvalue weighted by Gasteiger charge is -2.03. The van der Waals surface area contributed by atoms with Crippen LogP contribution in [0, 0.1) is 0 Å². The lowest BCUT2D eigenvalue weighted by atomic mass is 10.2. The van der Waals surface area contributed by atoms with Crippen molar-refractivity contribution in [2.24, 2.45) is 0 Å². The Balaban J connectivity index is 2.36. The second-order valence-electron chi connectivity index (χ2n) is 4.05. The van der Waals surface area contributed by atoms with Crippen molar-refractivity contribution in [3.05, 3.63) is 32.6 Å². The minimum absolute atomic E-state index is 0.114. The van der Waals surface area contributed by atoms with Gasteiger partial charge in [-0.2, -0.15) is 0 Å². The molecule has 1 heterocycles. The number of hydrogen-bond donors (Lipinski definition) is 2. The highest BCUT2D eigenvalue weighted by atomic mass is 16.5. The first-order chi connectivity index (χ1) is 8.63. The summed E-state index contributed by atoms with van der Waals surface area (Å²) in [5.74, 6) is -0.673. The van der Waals surface area contributed by atoms with Gasteiger partial charge in [0.2, 0.25) is 0 Å². The van der Waals surface area contributed by atoms with E-state index < -0.39 is 17.2 Å². The van der Waals surface area contributed by atoms with E-state index in [9.17, 15) is 14.4 Å². The number of aromatic nitrogens is 2. The number of nitrogens with one attached hydrogen (secondary N) is 2. The Kier molecular flexibility index (Phi) is 5.90. The number of hydrogen-bond acceptors (Lipinski definition) is 4. The van der Waals surface area contributed by atoms with E-state index in [0.29, 0.717) is 6.61 Å². The lowest BCUT2D eigenvalue weighted by molar-refractivity contribution is 0.0490. The third kappa shape index (κ3) is 4.99. The maximum atomic E-state index is 11.5. The predicted octanol–water partition coefficient (Wildman–Crippen LogP) is 1.19. The van der Waals surface area contributed by atoms with Crippen molar-refractivity contribution in [2.75, 3.05) is 6.61 Å². The molecule has 100 valence electrons. The van der Waals surface area contributed by atoms with Gasteiger partial charge in [-0.3, -0.25) is 9.78 Å². The van der Waals surface area contributed by atoms with Crippen LogP contribution in [0.1, 0.15) is 49.5 Å². The van der Waals surface area contributed by atoms with E-state index in [1.165, 1.54) is 6.42 Å². The fourth-order valence-corrected chi connectivity index (χ4v) is 1.53. The van der Waals surface area contributed by atoms with E-state index in [1.54, 1.807) is 0 Å². The predicted molar refractivity (Wildman–Crippen MR) is 66.7 cm³/mol. The Bertz CT molecular complexity index is 461. The molecule has 0 atom stereocenters. The normalized spacial score (nSPS) is 10.3. The summed E-state index contributed by atoms with van der Waals surface area (Å²) in [4.78, 5) is 37.6. The molecule has 1 aromatic rings. The molecule has 0 aliphatic carbocycles. The zero-order chi connectivity index (χ0) is 13.4. The highest BCUT2D eigenvalue weighted by Crippen LogP contribution is 2.03. The van der Waals surface area contributed by atoms with Crippen LogP contribution < -0.4 is 11.2 Å². The summed E-state index contributed by atoms with van der Waals surface area (Å²) < 4.78 is 4.96. The van der Waals surface area contributed by atoms with Gasteiger partial charge in [-0.15, -0.1) is 0 Å². The highest BCUT2D eigenvalue weighted by Gasteiger charge is 2.08. The molecule has 0 aromatic carbocycles. The third-order valence-corrected chi connectivity index (χ3v) is 2.46. The van der Waals surface area contributed by atoms with Gasteiger partial charge in [0.05, 0.1) is 6.61 Å².